The Bertz CT molecular complexity index is 954. The molecule has 0 aliphatic carbocycles. The number of aromatic amines is 1. The van der Waals surface area contributed by atoms with Crippen LogP contribution in [0.25, 0.3) is 22.0 Å². The van der Waals surface area contributed by atoms with Gasteiger partial charge in [-0.25, -0.2) is 17.9 Å². The highest BCUT2D eigenvalue weighted by molar-refractivity contribution is 7.89. The van der Waals surface area contributed by atoms with Gasteiger partial charge < -0.3 is 9.72 Å². The molecular weight excluding hydrogens is 343 g/mol. The van der Waals surface area contributed by atoms with Crippen LogP contribution in [0.15, 0.2) is 53.6 Å². The van der Waals surface area contributed by atoms with Crippen LogP contribution < -0.4 is 5.14 Å². The Hall–Kier alpha value is -2.22. The molecule has 5 nitrogen and oxygen atoms in total. The van der Waals surface area contributed by atoms with Crippen LogP contribution in [-0.4, -0.2) is 26.6 Å². The Morgan fingerprint density at radius 3 is 2.28 bits per heavy atom. The van der Waals surface area contributed by atoms with E-state index in [-0.39, 0.29) is 10.7 Å². The number of ether oxygens (including phenoxy) is 1. The molecule has 1 fully saturated rings. The fourth-order valence-corrected chi connectivity index (χ4v) is 3.19. The monoisotopic (exact) mass is 362 g/mol. The van der Waals surface area contributed by atoms with Gasteiger partial charge in [-0.1, -0.05) is 12.1 Å². The van der Waals surface area contributed by atoms with Crippen molar-refractivity contribution < 1.29 is 17.5 Å². The number of primary sulfonamides is 1. The van der Waals surface area contributed by atoms with E-state index in [1.807, 2.05) is 0 Å². The summed E-state index contributed by atoms with van der Waals surface area (Å²) in [7, 11) is -3.69. The second-order valence-electron chi connectivity index (χ2n) is 5.78. The molecule has 3 N–H and O–H groups in total. The van der Waals surface area contributed by atoms with Crippen LogP contribution in [0.1, 0.15) is 12.8 Å². The molecule has 1 aromatic heterocycles. The molecule has 25 heavy (non-hydrogen) atoms. The smallest absolute Gasteiger partial charge is 0.238 e. The number of benzene rings is 2. The van der Waals surface area contributed by atoms with E-state index in [1.54, 1.807) is 24.4 Å². The normalized spacial score (nSPS) is 14.3. The molecule has 7 heteroatoms. The van der Waals surface area contributed by atoms with Gasteiger partial charge in [-0.2, -0.15) is 0 Å². The topological polar surface area (TPSA) is 85.2 Å². The highest BCUT2D eigenvalue weighted by Gasteiger charge is 2.10. The zero-order chi connectivity index (χ0) is 17.9. The minimum Gasteiger partial charge on any atom is -0.381 e. The first kappa shape index (κ1) is 17.6. The van der Waals surface area contributed by atoms with Gasteiger partial charge in [-0.3, -0.25) is 0 Å². The van der Waals surface area contributed by atoms with E-state index < -0.39 is 10.0 Å². The minimum atomic E-state index is -3.69. The number of hydrogen-bond acceptors (Lipinski definition) is 3. The fraction of sp³-hybridized carbons (Fsp3) is 0.222. The molecule has 0 atom stereocenters. The first-order valence-electron chi connectivity index (χ1n) is 7.93. The molecule has 1 saturated heterocycles. The molecule has 0 bridgehead atoms. The van der Waals surface area contributed by atoms with Crippen molar-refractivity contribution >= 4 is 20.9 Å². The van der Waals surface area contributed by atoms with E-state index in [0.29, 0.717) is 5.52 Å². The van der Waals surface area contributed by atoms with Crippen LogP contribution in [0.4, 0.5) is 4.39 Å². The molecule has 0 amide bonds. The van der Waals surface area contributed by atoms with Crippen molar-refractivity contribution in [1.29, 1.82) is 0 Å². The number of hydrogen-bond donors (Lipinski definition) is 2. The maximum Gasteiger partial charge on any atom is 0.238 e. The second kappa shape index (κ2) is 7.35. The van der Waals surface area contributed by atoms with Crippen LogP contribution >= 0.6 is 0 Å². The van der Waals surface area contributed by atoms with Gasteiger partial charge in [-0.15, -0.1) is 0 Å². The van der Waals surface area contributed by atoms with E-state index >= 15 is 0 Å². The first-order valence-corrected chi connectivity index (χ1v) is 9.47. The van der Waals surface area contributed by atoms with E-state index in [1.165, 1.54) is 37.1 Å². The summed E-state index contributed by atoms with van der Waals surface area (Å²) in [6.45, 7) is 2.00. The number of nitrogens with two attached hydrogens (primary N) is 1. The maximum atomic E-state index is 13.1. The second-order valence-corrected chi connectivity index (χ2v) is 7.34. The van der Waals surface area contributed by atoms with Gasteiger partial charge in [-0.05, 0) is 48.7 Å². The summed E-state index contributed by atoms with van der Waals surface area (Å²) in [5.74, 6) is -0.310. The maximum absolute atomic E-state index is 13.1. The summed E-state index contributed by atoms with van der Waals surface area (Å²) in [6.07, 6.45) is 4.32. The third kappa shape index (κ3) is 4.25. The molecule has 0 spiro atoms. The predicted octanol–water partition coefficient (Wildman–Crippen LogP) is 3.42. The standard InChI is InChI=1S/C14H11FN2O2S.C4H8O/c15-10-3-6-12-13(8-17-14(12)7-10)9-1-4-11(5-2-9)20(16,18)19;1-2-4-5-3-1/h1-8,17H,(H2,16,18,19);1-4H2. The molecule has 0 unspecified atom stereocenters. The molecule has 0 saturated carbocycles. The zero-order valence-electron chi connectivity index (χ0n) is 13.5. The Morgan fingerprint density at radius 2 is 1.72 bits per heavy atom. The Kier molecular flexibility index (Phi) is 5.17. The van der Waals surface area contributed by atoms with Crippen LogP contribution in [0.2, 0.25) is 0 Å². The lowest BCUT2D eigenvalue weighted by atomic mass is 10.1. The molecular formula is C18H19FN2O3S. The lowest BCUT2D eigenvalue weighted by Gasteiger charge is -2.02. The van der Waals surface area contributed by atoms with E-state index in [4.69, 9.17) is 9.88 Å². The molecule has 3 aromatic rings. The van der Waals surface area contributed by atoms with Gasteiger partial charge in [0.25, 0.3) is 0 Å². The summed E-state index contributed by atoms with van der Waals surface area (Å²) < 4.78 is 40.5. The quantitative estimate of drug-likeness (QED) is 0.732. The molecule has 2 aromatic carbocycles. The van der Waals surface area contributed by atoms with E-state index in [0.717, 1.165) is 29.7 Å². The van der Waals surface area contributed by atoms with E-state index in [2.05, 4.69) is 4.98 Å². The van der Waals surface area contributed by atoms with Gasteiger partial charge in [0.1, 0.15) is 5.82 Å². The lowest BCUT2D eigenvalue weighted by Crippen LogP contribution is -2.11. The fourth-order valence-electron chi connectivity index (χ4n) is 2.67. The highest BCUT2D eigenvalue weighted by Crippen LogP contribution is 2.29. The predicted molar refractivity (Wildman–Crippen MR) is 95.1 cm³/mol. The number of nitrogens with one attached hydrogen (secondary N) is 1. The summed E-state index contributed by atoms with van der Waals surface area (Å²) >= 11 is 0. The van der Waals surface area contributed by atoms with Gasteiger partial charge >= 0.3 is 0 Å². The van der Waals surface area contributed by atoms with Crippen LogP contribution in [-0.2, 0) is 14.8 Å². The van der Waals surface area contributed by atoms with Crippen molar-refractivity contribution in [2.75, 3.05) is 13.2 Å². The van der Waals surface area contributed by atoms with Crippen molar-refractivity contribution in [2.45, 2.75) is 17.7 Å². The number of aromatic nitrogens is 1. The van der Waals surface area contributed by atoms with Crippen molar-refractivity contribution in [2.24, 2.45) is 5.14 Å². The van der Waals surface area contributed by atoms with Crippen molar-refractivity contribution in [3.8, 4) is 11.1 Å². The Labute approximate surface area is 145 Å². The molecule has 4 rings (SSSR count). The minimum absolute atomic E-state index is 0.0622. The number of sulfonamides is 1. The zero-order valence-corrected chi connectivity index (χ0v) is 14.4. The Morgan fingerprint density at radius 1 is 1.04 bits per heavy atom. The largest absolute Gasteiger partial charge is 0.381 e. The highest BCUT2D eigenvalue weighted by atomic mass is 32.2. The van der Waals surface area contributed by atoms with Gasteiger partial charge in [0.2, 0.25) is 10.0 Å². The molecule has 132 valence electrons. The third-order valence-corrected chi connectivity index (χ3v) is 4.89. The molecule has 1 aliphatic rings. The van der Waals surface area contributed by atoms with E-state index in [9.17, 15) is 12.8 Å². The first-order chi connectivity index (χ1) is 11.9. The average Bonchev–Trinajstić information content (AvgIpc) is 3.27. The van der Waals surface area contributed by atoms with Crippen LogP contribution in [0.3, 0.4) is 0 Å². The van der Waals surface area contributed by atoms with Crippen LogP contribution in [0, 0.1) is 5.82 Å². The van der Waals surface area contributed by atoms with Gasteiger partial charge in [0.05, 0.1) is 4.90 Å². The molecule has 1 aliphatic heterocycles. The average molecular weight is 362 g/mol. The summed E-state index contributed by atoms with van der Waals surface area (Å²) in [5, 5.41) is 5.93. The summed E-state index contributed by atoms with van der Waals surface area (Å²) in [4.78, 5) is 3.05. The third-order valence-electron chi connectivity index (χ3n) is 3.96. The van der Waals surface area contributed by atoms with Gasteiger partial charge in [0, 0.05) is 35.9 Å². The summed E-state index contributed by atoms with van der Waals surface area (Å²) in [5.41, 5.74) is 2.40. The summed E-state index contributed by atoms with van der Waals surface area (Å²) in [6, 6.07) is 10.7. The SMILES string of the molecule is C1CCOC1.NS(=O)(=O)c1ccc(-c2c[nH]c3cc(F)ccc23)cc1. The number of H-pyrrole nitrogens is 1. The number of halogens is 1. The van der Waals surface area contributed by atoms with Crippen molar-refractivity contribution in [3.05, 3.63) is 54.5 Å². The Balaban J connectivity index is 0.000000314. The lowest BCUT2D eigenvalue weighted by molar-refractivity contribution is 0.198. The molecule has 2 heterocycles. The van der Waals surface area contributed by atoms with Gasteiger partial charge in [0.15, 0.2) is 0 Å². The number of fused-ring (bicyclic) bond motifs is 1. The van der Waals surface area contributed by atoms with Crippen molar-refractivity contribution in [3.63, 3.8) is 0 Å². The van der Waals surface area contributed by atoms with Crippen LogP contribution in [0.5, 0.6) is 0 Å². The molecule has 0 radical (unpaired) electrons. The number of rotatable bonds is 2. The van der Waals surface area contributed by atoms with Crippen molar-refractivity contribution in [1.82, 2.24) is 4.98 Å².